The standard InChI is InChI=1S/C11H12N2S.2C2H6/c1-14-11-6-8(7-12)13-10-5-3-2-4-9(10)11;2*1-2/h2-6H,7,12H2,1H3;2*1-2H3. The van der Waals surface area contributed by atoms with Crippen molar-refractivity contribution >= 4 is 22.7 Å². The van der Waals surface area contributed by atoms with E-state index in [-0.39, 0.29) is 0 Å². The maximum absolute atomic E-state index is 5.59. The van der Waals surface area contributed by atoms with E-state index in [2.05, 4.69) is 23.4 Å². The van der Waals surface area contributed by atoms with Crippen molar-refractivity contribution in [3.63, 3.8) is 0 Å². The Morgan fingerprint density at radius 2 is 1.72 bits per heavy atom. The maximum Gasteiger partial charge on any atom is 0.0717 e. The molecule has 18 heavy (non-hydrogen) atoms. The Morgan fingerprint density at radius 3 is 2.28 bits per heavy atom. The smallest absolute Gasteiger partial charge is 0.0717 e. The van der Waals surface area contributed by atoms with Gasteiger partial charge in [-0.1, -0.05) is 45.9 Å². The van der Waals surface area contributed by atoms with Crippen LogP contribution in [0.1, 0.15) is 33.4 Å². The number of aromatic nitrogens is 1. The number of nitrogens with zero attached hydrogens (tertiary/aromatic N) is 1. The first kappa shape index (κ1) is 16.9. The molecule has 0 saturated carbocycles. The third-order valence-corrected chi connectivity index (χ3v) is 2.94. The molecule has 1 aromatic carbocycles. The van der Waals surface area contributed by atoms with E-state index in [1.165, 1.54) is 10.3 Å². The molecule has 100 valence electrons. The number of hydrogen-bond acceptors (Lipinski definition) is 3. The first-order chi connectivity index (χ1) is 8.85. The molecule has 2 aromatic rings. The predicted molar refractivity (Wildman–Crippen MR) is 84.1 cm³/mol. The van der Waals surface area contributed by atoms with Crippen LogP contribution in [0.5, 0.6) is 0 Å². The molecular weight excluding hydrogens is 240 g/mol. The maximum atomic E-state index is 5.59. The summed E-state index contributed by atoms with van der Waals surface area (Å²) in [4.78, 5) is 5.71. The van der Waals surface area contributed by atoms with Gasteiger partial charge < -0.3 is 5.73 Å². The highest BCUT2D eigenvalue weighted by molar-refractivity contribution is 7.98. The lowest BCUT2D eigenvalue weighted by atomic mass is 10.2. The Labute approximate surface area is 115 Å². The fourth-order valence-electron chi connectivity index (χ4n) is 1.47. The number of pyridine rings is 1. The van der Waals surface area contributed by atoms with Crippen molar-refractivity contribution in [2.75, 3.05) is 6.26 Å². The summed E-state index contributed by atoms with van der Waals surface area (Å²) < 4.78 is 0. The molecule has 0 aliphatic rings. The van der Waals surface area contributed by atoms with E-state index < -0.39 is 0 Å². The molecule has 0 aliphatic carbocycles. The molecular formula is C15H24N2S. The fraction of sp³-hybridized carbons (Fsp3) is 0.400. The Bertz CT molecular complexity index is 455. The number of rotatable bonds is 2. The van der Waals surface area contributed by atoms with E-state index in [1.807, 2.05) is 45.9 Å². The van der Waals surface area contributed by atoms with E-state index in [0.29, 0.717) is 6.54 Å². The number of nitrogens with two attached hydrogens (primary N) is 1. The zero-order valence-corrected chi connectivity index (χ0v) is 12.8. The molecule has 0 saturated heterocycles. The van der Waals surface area contributed by atoms with Gasteiger partial charge in [0, 0.05) is 16.8 Å². The van der Waals surface area contributed by atoms with Gasteiger partial charge in [0.25, 0.3) is 0 Å². The lowest BCUT2D eigenvalue weighted by Crippen LogP contribution is -2.00. The minimum absolute atomic E-state index is 0.498. The summed E-state index contributed by atoms with van der Waals surface area (Å²) in [6.45, 7) is 8.50. The Hall–Kier alpha value is -1.06. The van der Waals surface area contributed by atoms with Gasteiger partial charge in [-0.2, -0.15) is 0 Å². The molecule has 0 radical (unpaired) electrons. The van der Waals surface area contributed by atoms with Crippen molar-refractivity contribution < 1.29 is 0 Å². The second-order valence-corrected chi connectivity index (χ2v) is 3.89. The van der Waals surface area contributed by atoms with Gasteiger partial charge in [0.1, 0.15) is 0 Å². The highest BCUT2D eigenvalue weighted by Crippen LogP contribution is 2.25. The highest BCUT2D eigenvalue weighted by Gasteiger charge is 2.02. The van der Waals surface area contributed by atoms with Gasteiger partial charge in [-0.3, -0.25) is 4.98 Å². The van der Waals surface area contributed by atoms with Gasteiger partial charge in [-0.15, -0.1) is 11.8 Å². The van der Waals surface area contributed by atoms with Gasteiger partial charge in [0.15, 0.2) is 0 Å². The Morgan fingerprint density at radius 1 is 1.11 bits per heavy atom. The van der Waals surface area contributed by atoms with Gasteiger partial charge in [0.2, 0.25) is 0 Å². The summed E-state index contributed by atoms with van der Waals surface area (Å²) in [5.74, 6) is 0. The zero-order valence-electron chi connectivity index (χ0n) is 12.0. The van der Waals surface area contributed by atoms with Gasteiger partial charge >= 0.3 is 0 Å². The molecule has 0 amide bonds. The summed E-state index contributed by atoms with van der Waals surface area (Å²) in [6.07, 6.45) is 2.07. The number of thioether (sulfide) groups is 1. The molecule has 0 unspecified atom stereocenters. The average Bonchev–Trinajstić information content (AvgIpc) is 2.50. The Balaban J connectivity index is 0.000000659. The van der Waals surface area contributed by atoms with Crippen molar-refractivity contribution in [2.45, 2.75) is 39.1 Å². The van der Waals surface area contributed by atoms with Crippen LogP contribution in [0, 0.1) is 0 Å². The molecule has 0 atom stereocenters. The molecule has 0 spiro atoms. The SMILES string of the molecule is CC.CC.CSc1cc(CN)nc2ccccc12. The molecule has 2 rings (SSSR count). The lowest BCUT2D eigenvalue weighted by Gasteiger charge is -2.05. The van der Waals surface area contributed by atoms with Gasteiger partial charge in [0.05, 0.1) is 11.2 Å². The average molecular weight is 264 g/mol. The quantitative estimate of drug-likeness (QED) is 0.813. The fourth-order valence-corrected chi connectivity index (χ4v) is 2.12. The van der Waals surface area contributed by atoms with Crippen molar-refractivity contribution in [1.82, 2.24) is 4.98 Å². The summed E-state index contributed by atoms with van der Waals surface area (Å²) in [5, 5.41) is 1.21. The number of para-hydroxylation sites is 1. The van der Waals surface area contributed by atoms with Crippen LogP contribution < -0.4 is 5.73 Å². The topological polar surface area (TPSA) is 38.9 Å². The minimum atomic E-state index is 0.498. The van der Waals surface area contributed by atoms with E-state index in [4.69, 9.17) is 5.73 Å². The normalized spacial score (nSPS) is 9.00. The monoisotopic (exact) mass is 264 g/mol. The second kappa shape index (κ2) is 9.92. The molecule has 0 fully saturated rings. The van der Waals surface area contributed by atoms with Crippen LogP contribution in [0.25, 0.3) is 10.9 Å². The van der Waals surface area contributed by atoms with Crippen LogP contribution in [-0.2, 0) is 6.54 Å². The summed E-state index contributed by atoms with van der Waals surface area (Å²) in [6, 6.07) is 10.2. The van der Waals surface area contributed by atoms with E-state index in [1.54, 1.807) is 11.8 Å². The van der Waals surface area contributed by atoms with Crippen LogP contribution in [-0.4, -0.2) is 11.2 Å². The van der Waals surface area contributed by atoms with E-state index in [9.17, 15) is 0 Å². The van der Waals surface area contributed by atoms with Crippen molar-refractivity contribution in [2.24, 2.45) is 5.73 Å². The molecule has 1 heterocycles. The summed E-state index contributed by atoms with van der Waals surface area (Å²) in [5.41, 5.74) is 7.57. The second-order valence-electron chi connectivity index (χ2n) is 3.04. The first-order valence-electron chi connectivity index (χ1n) is 6.48. The molecule has 2 N–H and O–H groups in total. The molecule has 1 aromatic heterocycles. The van der Waals surface area contributed by atoms with Gasteiger partial charge in [-0.25, -0.2) is 0 Å². The third kappa shape index (κ3) is 4.31. The van der Waals surface area contributed by atoms with E-state index >= 15 is 0 Å². The first-order valence-corrected chi connectivity index (χ1v) is 7.70. The van der Waals surface area contributed by atoms with Crippen LogP contribution in [0.4, 0.5) is 0 Å². The minimum Gasteiger partial charge on any atom is -0.325 e. The highest BCUT2D eigenvalue weighted by atomic mass is 32.2. The Kier molecular flexibility index (Phi) is 9.33. The third-order valence-electron chi connectivity index (χ3n) is 2.16. The molecule has 0 bridgehead atoms. The van der Waals surface area contributed by atoms with Crippen molar-refractivity contribution in [3.05, 3.63) is 36.0 Å². The molecule has 0 aliphatic heterocycles. The predicted octanol–water partition coefficient (Wildman–Crippen LogP) is 4.47. The van der Waals surface area contributed by atoms with Crippen LogP contribution in [0.15, 0.2) is 35.2 Å². The van der Waals surface area contributed by atoms with Gasteiger partial charge in [-0.05, 0) is 18.4 Å². The van der Waals surface area contributed by atoms with Crippen molar-refractivity contribution in [1.29, 1.82) is 0 Å². The molecule has 2 nitrogen and oxygen atoms in total. The van der Waals surface area contributed by atoms with Crippen LogP contribution in [0.2, 0.25) is 0 Å². The lowest BCUT2D eigenvalue weighted by molar-refractivity contribution is 0.997. The molecule has 3 heteroatoms. The number of benzene rings is 1. The summed E-state index contributed by atoms with van der Waals surface area (Å²) >= 11 is 1.73. The van der Waals surface area contributed by atoms with E-state index in [0.717, 1.165) is 11.2 Å². The largest absolute Gasteiger partial charge is 0.325 e. The number of hydrogen-bond donors (Lipinski definition) is 1. The zero-order chi connectivity index (χ0) is 14.0. The number of fused-ring (bicyclic) bond motifs is 1. The van der Waals surface area contributed by atoms with Crippen LogP contribution in [0.3, 0.4) is 0 Å². The van der Waals surface area contributed by atoms with Crippen LogP contribution >= 0.6 is 11.8 Å². The summed E-state index contributed by atoms with van der Waals surface area (Å²) in [7, 11) is 0. The van der Waals surface area contributed by atoms with Crippen molar-refractivity contribution in [3.8, 4) is 0 Å².